The molecule has 2 aromatic carbocycles. The number of pyridine rings is 1. The zero-order valence-corrected chi connectivity index (χ0v) is 13.1. The number of aromatic nitrogens is 1. The zero-order chi connectivity index (χ0) is 16.4. The lowest BCUT2D eigenvalue weighted by atomic mass is 10.0. The summed E-state index contributed by atoms with van der Waals surface area (Å²) in [6, 6.07) is 13.5. The molecule has 1 N–H and O–H groups in total. The molecule has 0 amide bonds. The van der Waals surface area contributed by atoms with Gasteiger partial charge in [0.1, 0.15) is 11.9 Å². The number of aliphatic hydroxyl groups excluding tert-OH is 1. The van der Waals surface area contributed by atoms with Gasteiger partial charge < -0.3 is 5.11 Å². The quantitative estimate of drug-likeness (QED) is 0.672. The molecule has 0 aliphatic heterocycles. The van der Waals surface area contributed by atoms with Crippen LogP contribution in [-0.4, -0.2) is 16.2 Å². The molecule has 1 atom stereocenters. The Kier molecular flexibility index (Phi) is 4.29. The predicted molar refractivity (Wildman–Crippen MR) is 90.7 cm³/mol. The van der Waals surface area contributed by atoms with Crippen LogP contribution in [0.2, 0.25) is 5.02 Å². The molecule has 0 bridgehead atoms. The first kappa shape index (κ1) is 15.5. The van der Waals surface area contributed by atoms with Crippen LogP contribution in [0.4, 0.5) is 4.39 Å². The average molecular weight is 326 g/mol. The molecule has 114 valence electrons. The minimum Gasteiger partial charge on any atom is -0.381 e. The molecular weight excluding hydrogens is 313 g/mol. The van der Waals surface area contributed by atoms with Crippen molar-refractivity contribution in [2.24, 2.45) is 0 Å². The van der Waals surface area contributed by atoms with E-state index in [2.05, 4.69) is 16.8 Å². The molecule has 0 aliphatic carbocycles. The highest BCUT2D eigenvalue weighted by atomic mass is 35.5. The Morgan fingerprint density at radius 2 is 1.83 bits per heavy atom. The Balaban J connectivity index is 2.32. The van der Waals surface area contributed by atoms with Crippen LogP contribution in [0, 0.1) is 17.7 Å². The van der Waals surface area contributed by atoms with E-state index in [1.54, 1.807) is 19.1 Å². The van der Waals surface area contributed by atoms with Crippen LogP contribution in [0.15, 0.2) is 48.5 Å². The summed E-state index contributed by atoms with van der Waals surface area (Å²) in [7, 11) is 0. The number of para-hydroxylation sites is 1. The summed E-state index contributed by atoms with van der Waals surface area (Å²) in [5.74, 6) is 5.27. The van der Waals surface area contributed by atoms with Gasteiger partial charge >= 0.3 is 0 Å². The summed E-state index contributed by atoms with van der Waals surface area (Å²) in [6.07, 6.45) is -0.779. The Bertz CT molecular complexity index is 924. The van der Waals surface area contributed by atoms with E-state index in [1.807, 2.05) is 24.3 Å². The highest BCUT2D eigenvalue weighted by Crippen LogP contribution is 2.33. The predicted octanol–water partition coefficient (Wildman–Crippen LogP) is 4.43. The number of nitrogens with zero attached hydrogens (tertiary/aromatic N) is 1. The summed E-state index contributed by atoms with van der Waals surface area (Å²) in [4.78, 5) is 4.62. The Morgan fingerprint density at radius 3 is 2.52 bits per heavy atom. The third-order valence-electron chi connectivity index (χ3n) is 3.35. The van der Waals surface area contributed by atoms with Gasteiger partial charge in [-0.05, 0) is 37.3 Å². The van der Waals surface area contributed by atoms with Crippen molar-refractivity contribution in [2.45, 2.75) is 13.0 Å². The molecule has 4 heteroatoms. The van der Waals surface area contributed by atoms with Gasteiger partial charge in [0.25, 0.3) is 0 Å². The Hall–Kier alpha value is -2.41. The van der Waals surface area contributed by atoms with E-state index in [0.717, 1.165) is 10.9 Å². The van der Waals surface area contributed by atoms with E-state index in [9.17, 15) is 9.50 Å². The van der Waals surface area contributed by atoms with E-state index < -0.39 is 6.10 Å². The monoisotopic (exact) mass is 325 g/mol. The molecule has 0 saturated heterocycles. The molecule has 0 aliphatic rings. The van der Waals surface area contributed by atoms with Crippen molar-refractivity contribution >= 4 is 22.5 Å². The lowest BCUT2D eigenvalue weighted by Gasteiger charge is -2.10. The van der Waals surface area contributed by atoms with Crippen LogP contribution >= 0.6 is 11.6 Å². The van der Waals surface area contributed by atoms with Gasteiger partial charge in [0.05, 0.1) is 21.8 Å². The van der Waals surface area contributed by atoms with E-state index >= 15 is 0 Å². The van der Waals surface area contributed by atoms with Crippen molar-refractivity contribution in [3.05, 3.63) is 64.9 Å². The van der Waals surface area contributed by atoms with Crippen molar-refractivity contribution in [1.29, 1.82) is 0 Å². The lowest BCUT2D eigenvalue weighted by Crippen LogP contribution is -1.96. The third-order valence-corrected chi connectivity index (χ3v) is 3.75. The largest absolute Gasteiger partial charge is 0.381 e. The number of hydrogen-bond donors (Lipinski definition) is 1. The fourth-order valence-electron chi connectivity index (χ4n) is 2.28. The maximum absolute atomic E-state index is 13.2. The lowest BCUT2D eigenvalue weighted by molar-refractivity contribution is 0.253. The molecule has 1 heterocycles. The molecular formula is C19H13ClFNO. The highest BCUT2D eigenvalue weighted by molar-refractivity contribution is 6.37. The first-order chi connectivity index (χ1) is 11.1. The van der Waals surface area contributed by atoms with Crippen LogP contribution in [0.25, 0.3) is 22.2 Å². The maximum Gasteiger partial charge on any atom is 0.123 e. The van der Waals surface area contributed by atoms with Crippen LogP contribution in [0.5, 0.6) is 0 Å². The first-order valence-corrected chi connectivity index (χ1v) is 7.48. The number of halogens is 2. The minimum absolute atomic E-state index is 0.322. The van der Waals surface area contributed by atoms with E-state index in [-0.39, 0.29) is 5.82 Å². The second kappa shape index (κ2) is 6.37. The number of benzene rings is 2. The molecule has 1 unspecified atom stereocenters. The molecule has 3 aromatic rings. The second-order valence-electron chi connectivity index (χ2n) is 5.12. The zero-order valence-electron chi connectivity index (χ0n) is 12.3. The van der Waals surface area contributed by atoms with Gasteiger partial charge in [-0.1, -0.05) is 41.6 Å². The van der Waals surface area contributed by atoms with Crippen molar-refractivity contribution in [3.63, 3.8) is 0 Å². The normalized spacial score (nSPS) is 11.8. The molecule has 23 heavy (non-hydrogen) atoms. The molecule has 0 radical (unpaired) electrons. The molecule has 0 spiro atoms. The standard InChI is InChI=1S/C19H13ClFNO/c1-12(23)6-11-16-18(20)15-4-2-3-5-17(15)22-19(16)13-7-9-14(21)10-8-13/h2-5,7-10,12,23H,1H3. The van der Waals surface area contributed by atoms with Gasteiger partial charge in [-0.2, -0.15) is 0 Å². The topological polar surface area (TPSA) is 33.1 Å². The molecule has 0 fully saturated rings. The van der Waals surface area contributed by atoms with Crippen LogP contribution in [0.1, 0.15) is 12.5 Å². The summed E-state index contributed by atoms with van der Waals surface area (Å²) in [5, 5.41) is 10.7. The molecule has 1 aromatic heterocycles. The Morgan fingerprint density at radius 1 is 1.13 bits per heavy atom. The fraction of sp³-hybridized carbons (Fsp3) is 0.105. The first-order valence-electron chi connectivity index (χ1n) is 7.10. The van der Waals surface area contributed by atoms with Crippen molar-refractivity contribution in [1.82, 2.24) is 4.98 Å². The molecule has 3 rings (SSSR count). The van der Waals surface area contributed by atoms with Gasteiger partial charge in [-0.25, -0.2) is 9.37 Å². The summed E-state index contributed by atoms with van der Waals surface area (Å²) in [6.45, 7) is 1.58. The number of aliphatic hydroxyl groups is 1. The number of rotatable bonds is 1. The number of fused-ring (bicyclic) bond motifs is 1. The van der Waals surface area contributed by atoms with Gasteiger partial charge in [0.2, 0.25) is 0 Å². The smallest absolute Gasteiger partial charge is 0.123 e. The van der Waals surface area contributed by atoms with Crippen LogP contribution in [-0.2, 0) is 0 Å². The molecule has 2 nitrogen and oxygen atoms in total. The van der Waals surface area contributed by atoms with Gasteiger partial charge in [-0.3, -0.25) is 0 Å². The number of hydrogen-bond acceptors (Lipinski definition) is 2. The fourth-order valence-corrected chi connectivity index (χ4v) is 2.58. The summed E-state index contributed by atoms with van der Waals surface area (Å²) in [5.41, 5.74) is 2.55. The Labute approximate surface area is 138 Å². The van der Waals surface area contributed by atoms with E-state index in [1.165, 1.54) is 12.1 Å². The van der Waals surface area contributed by atoms with Crippen LogP contribution in [0.3, 0.4) is 0 Å². The van der Waals surface area contributed by atoms with Crippen LogP contribution < -0.4 is 0 Å². The van der Waals surface area contributed by atoms with E-state index in [4.69, 9.17) is 11.6 Å². The minimum atomic E-state index is -0.779. The maximum atomic E-state index is 13.2. The summed E-state index contributed by atoms with van der Waals surface area (Å²) < 4.78 is 13.2. The average Bonchev–Trinajstić information content (AvgIpc) is 2.54. The summed E-state index contributed by atoms with van der Waals surface area (Å²) >= 11 is 6.51. The highest BCUT2D eigenvalue weighted by Gasteiger charge is 2.14. The van der Waals surface area contributed by atoms with Crippen molar-refractivity contribution in [2.75, 3.05) is 0 Å². The van der Waals surface area contributed by atoms with Crippen molar-refractivity contribution in [3.8, 4) is 23.1 Å². The van der Waals surface area contributed by atoms with Gasteiger partial charge in [0.15, 0.2) is 0 Å². The SMILES string of the molecule is CC(O)C#Cc1c(-c2ccc(F)cc2)nc2ccccc2c1Cl. The van der Waals surface area contributed by atoms with Crippen molar-refractivity contribution < 1.29 is 9.50 Å². The van der Waals surface area contributed by atoms with Gasteiger partial charge in [0, 0.05) is 10.9 Å². The third kappa shape index (κ3) is 3.19. The second-order valence-corrected chi connectivity index (χ2v) is 5.50. The molecule has 0 saturated carbocycles. The van der Waals surface area contributed by atoms with Gasteiger partial charge in [-0.15, -0.1) is 0 Å². The van der Waals surface area contributed by atoms with E-state index in [0.29, 0.717) is 21.8 Å².